The summed E-state index contributed by atoms with van der Waals surface area (Å²) in [4.78, 5) is 12.3. The molecule has 1 N–H and O–H groups in total. The maximum absolute atomic E-state index is 13.2. The van der Waals surface area contributed by atoms with Crippen molar-refractivity contribution in [2.45, 2.75) is 13.5 Å². The third kappa shape index (κ3) is 4.28. The molecule has 0 aliphatic heterocycles. The van der Waals surface area contributed by atoms with Crippen LogP contribution in [0.15, 0.2) is 77.9 Å². The number of hydrogen-bond acceptors (Lipinski definition) is 2. The van der Waals surface area contributed by atoms with Crippen molar-refractivity contribution >= 4 is 45.6 Å². The van der Waals surface area contributed by atoms with Gasteiger partial charge in [0, 0.05) is 37.8 Å². The quantitative estimate of drug-likeness (QED) is 0.215. The lowest BCUT2D eigenvalue weighted by Gasteiger charge is -2.08. The molecule has 4 aromatic rings. The van der Waals surface area contributed by atoms with Crippen LogP contribution < -0.4 is 5.43 Å². The maximum atomic E-state index is 13.2. The van der Waals surface area contributed by atoms with Crippen LogP contribution in [0.1, 0.15) is 27.2 Å². The van der Waals surface area contributed by atoms with Crippen LogP contribution in [-0.2, 0) is 6.54 Å². The molecule has 0 radical (unpaired) electrons. The molecule has 0 unspecified atom stereocenters. The predicted molar refractivity (Wildman–Crippen MR) is 126 cm³/mol. The van der Waals surface area contributed by atoms with Crippen molar-refractivity contribution in [2.75, 3.05) is 0 Å². The molecule has 150 valence electrons. The Morgan fingerprint density at radius 1 is 1.07 bits per heavy atom. The fourth-order valence-electron chi connectivity index (χ4n) is 3.42. The summed E-state index contributed by atoms with van der Waals surface area (Å²) >= 11 is 2.20. The van der Waals surface area contributed by atoms with E-state index in [0.717, 1.165) is 31.3 Å². The monoisotopic (exact) mass is 511 g/mol. The van der Waals surface area contributed by atoms with E-state index in [4.69, 9.17) is 0 Å². The first kappa shape index (κ1) is 20.3. The normalized spacial score (nSPS) is 11.3. The number of carbonyl (C=O) groups excluding carboxylic acids is 1. The average molecular weight is 511 g/mol. The first-order valence-electron chi connectivity index (χ1n) is 9.44. The van der Waals surface area contributed by atoms with Crippen molar-refractivity contribution in [3.05, 3.63) is 105 Å². The van der Waals surface area contributed by atoms with Gasteiger partial charge in [-0.1, -0.05) is 30.3 Å². The number of benzene rings is 3. The summed E-state index contributed by atoms with van der Waals surface area (Å²) in [6.07, 6.45) is 1.68. The molecule has 1 amide bonds. The topological polar surface area (TPSA) is 46.4 Å². The number of hydrogen-bond donors (Lipinski definition) is 1. The summed E-state index contributed by atoms with van der Waals surface area (Å²) in [5, 5.41) is 5.24. The lowest BCUT2D eigenvalue weighted by molar-refractivity contribution is 0.0955. The number of para-hydroxylation sites is 1. The van der Waals surface area contributed by atoms with Crippen LogP contribution in [0.25, 0.3) is 10.9 Å². The Morgan fingerprint density at radius 3 is 2.50 bits per heavy atom. The minimum Gasteiger partial charge on any atom is -0.340 e. The van der Waals surface area contributed by atoms with Gasteiger partial charge in [0.1, 0.15) is 5.82 Å². The zero-order valence-corrected chi connectivity index (χ0v) is 18.4. The molecule has 0 aliphatic carbocycles. The third-order valence-corrected chi connectivity index (χ3v) is 5.72. The number of nitrogens with one attached hydrogen (secondary N) is 1. The number of nitrogens with zero attached hydrogens (tertiary/aromatic N) is 2. The van der Waals surface area contributed by atoms with Crippen LogP contribution >= 0.6 is 22.6 Å². The Kier molecular flexibility index (Phi) is 5.94. The molecule has 0 aliphatic rings. The number of halogens is 2. The van der Waals surface area contributed by atoms with Crippen LogP contribution in [0.5, 0.6) is 0 Å². The average Bonchev–Trinajstić information content (AvgIpc) is 3.01. The molecule has 4 rings (SSSR count). The van der Waals surface area contributed by atoms with Crippen molar-refractivity contribution in [1.29, 1.82) is 0 Å². The third-order valence-electron chi connectivity index (χ3n) is 5.00. The Labute approximate surface area is 187 Å². The van der Waals surface area contributed by atoms with Crippen LogP contribution in [-0.4, -0.2) is 16.7 Å². The van der Waals surface area contributed by atoms with Crippen molar-refractivity contribution in [1.82, 2.24) is 9.99 Å². The molecule has 0 bridgehead atoms. The van der Waals surface area contributed by atoms with Crippen molar-refractivity contribution in [2.24, 2.45) is 5.10 Å². The van der Waals surface area contributed by atoms with Crippen LogP contribution in [0, 0.1) is 16.3 Å². The molecule has 6 heteroatoms. The molecule has 0 saturated heterocycles. The predicted octanol–water partition coefficient (Wildman–Crippen LogP) is 5.51. The van der Waals surface area contributed by atoms with Gasteiger partial charge in [0.25, 0.3) is 5.91 Å². The van der Waals surface area contributed by atoms with Gasteiger partial charge >= 0.3 is 0 Å². The van der Waals surface area contributed by atoms with E-state index in [1.165, 1.54) is 12.1 Å². The van der Waals surface area contributed by atoms with Gasteiger partial charge in [0.15, 0.2) is 0 Å². The molecule has 3 aromatic carbocycles. The van der Waals surface area contributed by atoms with E-state index in [0.29, 0.717) is 12.1 Å². The van der Waals surface area contributed by atoms with Crippen LogP contribution in [0.4, 0.5) is 4.39 Å². The zero-order valence-electron chi connectivity index (χ0n) is 16.3. The highest BCUT2D eigenvalue weighted by Gasteiger charge is 2.13. The standard InChI is InChI=1S/C24H19FIN3O/c1-16-22(14-27-28-24(30)18-8-12-20(26)13-9-18)21-4-2-3-5-23(21)29(16)15-17-6-10-19(25)11-7-17/h2-14H,15H2,1H3,(H,28,30)/b27-14-. The minimum atomic E-state index is -0.254. The molecule has 0 saturated carbocycles. The van der Waals surface area contributed by atoms with Crippen molar-refractivity contribution in [3.8, 4) is 0 Å². The van der Waals surface area contributed by atoms with E-state index in [-0.39, 0.29) is 11.7 Å². The van der Waals surface area contributed by atoms with E-state index in [9.17, 15) is 9.18 Å². The van der Waals surface area contributed by atoms with Gasteiger partial charge < -0.3 is 4.57 Å². The highest BCUT2D eigenvalue weighted by atomic mass is 127. The fourth-order valence-corrected chi connectivity index (χ4v) is 3.78. The second-order valence-electron chi connectivity index (χ2n) is 6.93. The maximum Gasteiger partial charge on any atom is 0.271 e. The van der Waals surface area contributed by atoms with E-state index in [2.05, 4.69) is 37.7 Å². The number of amides is 1. The largest absolute Gasteiger partial charge is 0.340 e. The summed E-state index contributed by atoms with van der Waals surface area (Å²) in [7, 11) is 0. The second-order valence-corrected chi connectivity index (χ2v) is 8.18. The molecule has 30 heavy (non-hydrogen) atoms. The Bertz CT molecular complexity index is 1230. The van der Waals surface area contributed by atoms with Gasteiger partial charge in [0.2, 0.25) is 0 Å². The lowest BCUT2D eigenvalue weighted by atomic mass is 10.1. The highest BCUT2D eigenvalue weighted by Crippen LogP contribution is 2.25. The van der Waals surface area contributed by atoms with Gasteiger partial charge in [0.05, 0.1) is 6.21 Å². The smallest absolute Gasteiger partial charge is 0.271 e. The molecule has 0 atom stereocenters. The molecule has 0 fully saturated rings. The molecular weight excluding hydrogens is 492 g/mol. The number of aromatic nitrogens is 1. The summed E-state index contributed by atoms with van der Waals surface area (Å²) in [5.74, 6) is -0.500. The highest BCUT2D eigenvalue weighted by molar-refractivity contribution is 14.1. The SMILES string of the molecule is Cc1c(/C=N\NC(=O)c2ccc(I)cc2)c2ccccc2n1Cc1ccc(F)cc1. The Hall–Kier alpha value is -3.00. The van der Waals surface area contributed by atoms with Gasteiger partial charge in [-0.15, -0.1) is 0 Å². The fraction of sp³-hybridized carbons (Fsp3) is 0.0833. The molecule has 4 nitrogen and oxygen atoms in total. The number of rotatable bonds is 5. The molecule has 1 heterocycles. The summed E-state index contributed by atoms with van der Waals surface area (Å²) in [6.45, 7) is 2.64. The number of fused-ring (bicyclic) bond motifs is 1. The Morgan fingerprint density at radius 2 is 1.77 bits per heavy atom. The van der Waals surface area contributed by atoms with Crippen LogP contribution in [0.3, 0.4) is 0 Å². The molecule has 0 spiro atoms. The first-order valence-corrected chi connectivity index (χ1v) is 10.5. The minimum absolute atomic E-state index is 0.246. The van der Waals surface area contributed by atoms with Gasteiger partial charge in [-0.05, 0) is 77.5 Å². The van der Waals surface area contributed by atoms with E-state index in [1.54, 1.807) is 30.5 Å². The van der Waals surface area contributed by atoms with E-state index < -0.39 is 0 Å². The van der Waals surface area contributed by atoms with Crippen molar-refractivity contribution in [3.63, 3.8) is 0 Å². The van der Waals surface area contributed by atoms with Crippen LogP contribution in [0.2, 0.25) is 0 Å². The van der Waals surface area contributed by atoms with Gasteiger partial charge in [-0.3, -0.25) is 4.79 Å². The van der Waals surface area contributed by atoms with Gasteiger partial charge in [-0.25, -0.2) is 9.82 Å². The number of carbonyl (C=O) groups is 1. The summed E-state index contributed by atoms with van der Waals surface area (Å²) in [6, 6.07) is 21.9. The Balaban J connectivity index is 1.61. The summed E-state index contributed by atoms with van der Waals surface area (Å²) < 4.78 is 16.5. The number of hydrazone groups is 1. The summed E-state index contributed by atoms with van der Waals surface area (Å²) in [5.41, 5.74) is 7.19. The van der Waals surface area contributed by atoms with E-state index in [1.807, 2.05) is 43.3 Å². The first-order chi connectivity index (χ1) is 14.5. The molecular formula is C24H19FIN3O. The van der Waals surface area contributed by atoms with Crippen molar-refractivity contribution < 1.29 is 9.18 Å². The van der Waals surface area contributed by atoms with E-state index >= 15 is 0 Å². The lowest BCUT2D eigenvalue weighted by Crippen LogP contribution is -2.17. The zero-order chi connectivity index (χ0) is 21.1. The van der Waals surface area contributed by atoms with Gasteiger partial charge in [-0.2, -0.15) is 5.10 Å². The molecule has 1 aromatic heterocycles. The second kappa shape index (κ2) is 8.79.